The van der Waals surface area contributed by atoms with Gasteiger partial charge in [0.25, 0.3) is 0 Å². The number of rotatable bonds is 5. The van der Waals surface area contributed by atoms with E-state index in [0.29, 0.717) is 0 Å². The van der Waals surface area contributed by atoms with E-state index in [9.17, 15) is 0 Å². The molecule has 10 aromatic rings. The molecule has 10 rings (SSSR count). The van der Waals surface area contributed by atoms with Crippen LogP contribution in [0.3, 0.4) is 0 Å². The summed E-state index contributed by atoms with van der Waals surface area (Å²) in [5.74, 6) is 0.729. The van der Waals surface area contributed by atoms with E-state index in [-0.39, 0.29) is 0 Å². The van der Waals surface area contributed by atoms with Gasteiger partial charge in [0.2, 0.25) is 0 Å². The predicted molar refractivity (Wildman–Crippen MR) is 215 cm³/mol. The van der Waals surface area contributed by atoms with Gasteiger partial charge in [0.15, 0.2) is 5.82 Å². The van der Waals surface area contributed by atoms with Crippen LogP contribution >= 0.6 is 11.3 Å². The predicted octanol–water partition coefficient (Wildman–Crippen LogP) is 12.9. The van der Waals surface area contributed by atoms with Crippen LogP contribution in [0.4, 0.5) is 0 Å². The minimum absolute atomic E-state index is 0.729. The van der Waals surface area contributed by atoms with Crippen LogP contribution in [0.2, 0.25) is 0 Å². The summed E-state index contributed by atoms with van der Waals surface area (Å²) in [6.45, 7) is 0. The molecular weight excluding hydrogens is 639 g/mol. The number of pyridine rings is 1. The Bertz CT molecular complexity index is 2880. The van der Waals surface area contributed by atoms with Crippen LogP contribution in [0.25, 0.3) is 98.0 Å². The molecular formula is C47H29N3S. The maximum absolute atomic E-state index is 5.23. The first-order valence-electron chi connectivity index (χ1n) is 17.1. The minimum Gasteiger partial charge on any atom is -0.256 e. The van der Waals surface area contributed by atoms with Crippen molar-refractivity contribution < 1.29 is 0 Å². The average molecular weight is 668 g/mol. The second-order valence-corrected chi connectivity index (χ2v) is 13.9. The molecule has 3 heterocycles. The van der Waals surface area contributed by atoms with Crippen molar-refractivity contribution in [2.45, 2.75) is 0 Å². The minimum atomic E-state index is 0.729. The summed E-state index contributed by atoms with van der Waals surface area (Å²) in [4.78, 5) is 15.1. The Morgan fingerprint density at radius 1 is 0.392 bits per heavy atom. The zero-order valence-corrected chi connectivity index (χ0v) is 28.3. The van der Waals surface area contributed by atoms with Gasteiger partial charge in [0, 0.05) is 38.2 Å². The number of fused-ring (bicyclic) bond motifs is 6. The lowest BCUT2D eigenvalue weighted by Gasteiger charge is -2.11. The molecule has 0 aliphatic carbocycles. The molecule has 0 aliphatic heterocycles. The van der Waals surface area contributed by atoms with E-state index >= 15 is 0 Å². The third kappa shape index (κ3) is 5.16. The number of nitrogens with zero attached hydrogens (tertiary/aromatic N) is 3. The molecule has 4 heteroatoms. The molecule has 0 atom stereocenters. The van der Waals surface area contributed by atoms with Gasteiger partial charge in [-0.2, -0.15) is 0 Å². The Kier molecular flexibility index (Phi) is 7.00. The molecule has 0 unspecified atom stereocenters. The Hall–Kier alpha value is -6.49. The molecule has 0 saturated carbocycles. The molecule has 3 aromatic heterocycles. The highest BCUT2D eigenvalue weighted by molar-refractivity contribution is 7.26. The van der Waals surface area contributed by atoms with Crippen molar-refractivity contribution in [2.75, 3.05) is 0 Å². The fourth-order valence-electron chi connectivity index (χ4n) is 7.18. The average Bonchev–Trinajstić information content (AvgIpc) is 3.59. The van der Waals surface area contributed by atoms with Crippen molar-refractivity contribution in [2.24, 2.45) is 0 Å². The highest BCUT2D eigenvalue weighted by Crippen LogP contribution is 2.40. The zero-order chi connectivity index (χ0) is 33.7. The fourth-order valence-corrected chi connectivity index (χ4v) is 8.33. The fraction of sp³-hybridized carbons (Fsp3) is 0. The first-order valence-corrected chi connectivity index (χ1v) is 17.9. The van der Waals surface area contributed by atoms with Crippen LogP contribution in [0.1, 0.15) is 0 Å². The van der Waals surface area contributed by atoms with Crippen molar-refractivity contribution >= 4 is 53.3 Å². The van der Waals surface area contributed by atoms with E-state index < -0.39 is 0 Å². The summed E-state index contributed by atoms with van der Waals surface area (Å²) in [6, 6.07) is 60.2. The normalized spacial score (nSPS) is 11.5. The van der Waals surface area contributed by atoms with Crippen molar-refractivity contribution in [3.8, 4) is 56.0 Å². The smallest absolute Gasteiger partial charge is 0.160 e. The molecule has 51 heavy (non-hydrogen) atoms. The summed E-state index contributed by atoms with van der Waals surface area (Å²) in [7, 11) is 0. The summed E-state index contributed by atoms with van der Waals surface area (Å²) in [6.07, 6.45) is 1.87. The van der Waals surface area contributed by atoms with E-state index in [1.807, 2.05) is 18.3 Å². The molecule has 0 bridgehead atoms. The summed E-state index contributed by atoms with van der Waals surface area (Å²) in [5, 5.41) is 4.70. The third-order valence-electron chi connectivity index (χ3n) is 9.77. The number of thiophene rings is 1. The number of hydrogen-bond donors (Lipinski definition) is 0. The van der Waals surface area contributed by atoms with Crippen LogP contribution in [-0.4, -0.2) is 15.0 Å². The third-order valence-corrected chi connectivity index (χ3v) is 10.9. The second-order valence-electron chi connectivity index (χ2n) is 12.8. The van der Waals surface area contributed by atoms with Crippen LogP contribution in [0.5, 0.6) is 0 Å². The summed E-state index contributed by atoms with van der Waals surface area (Å²) >= 11 is 1.76. The van der Waals surface area contributed by atoms with E-state index in [1.54, 1.807) is 11.3 Å². The van der Waals surface area contributed by atoms with E-state index in [1.165, 1.54) is 37.7 Å². The standard InChI is InChI=1S/C47H29N3S/c1-2-9-30(10-3-1)31-18-24-35(25-19-31)44-46-45(40-14-6-7-15-42(40)51-46)50-47(49-44)36-26-20-33(21-27-36)32-16-22-34(23-17-32)41-29-37-11-8-28-48-43(37)39-13-5-4-12-38(39)41/h1-29H. The highest BCUT2D eigenvalue weighted by atomic mass is 32.1. The van der Waals surface area contributed by atoms with Crippen LogP contribution in [0.15, 0.2) is 176 Å². The van der Waals surface area contributed by atoms with Gasteiger partial charge in [-0.25, -0.2) is 9.97 Å². The summed E-state index contributed by atoms with van der Waals surface area (Å²) in [5.41, 5.74) is 12.2. The first-order chi connectivity index (χ1) is 25.3. The van der Waals surface area contributed by atoms with Crippen LogP contribution < -0.4 is 0 Å². The summed E-state index contributed by atoms with van der Waals surface area (Å²) < 4.78 is 2.33. The molecule has 3 nitrogen and oxygen atoms in total. The number of benzene rings is 7. The largest absolute Gasteiger partial charge is 0.256 e. The van der Waals surface area contributed by atoms with Gasteiger partial charge in [-0.05, 0) is 57.0 Å². The molecule has 0 N–H and O–H groups in total. The van der Waals surface area contributed by atoms with Gasteiger partial charge in [-0.15, -0.1) is 11.3 Å². The molecule has 0 fully saturated rings. The van der Waals surface area contributed by atoms with Gasteiger partial charge in [-0.1, -0.05) is 152 Å². The monoisotopic (exact) mass is 667 g/mol. The van der Waals surface area contributed by atoms with Crippen molar-refractivity contribution in [3.63, 3.8) is 0 Å². The SMILES string of the molecule is c1ccc(-c2ccc(-c3nc(-c4ccc(-c5ccc(-c6cc7cccnc7c7ccccc67)cc5)cc4)nc4c3sc3ccccc34)cc2)cc1. The molecule has 0 spiro atoms. The topological polar surface area (TPSA) is 38.7 Å². The van der Waals surface area contributed by atoms with Crippen LogP contribution in [0, 0.1) is 0 Å². The lowest BCUT2D eigenvalue weighted by atomic mass is 9.94. The number of aromatic nitrogens is 3. The molecule has 0 amide bonds. The lowest BCUT2D eigenvalue weighted by Crippen LogP contribution is -1.94. The Labute approximate surface area is 299 Å². The van der Waals surface area contributed by atoms with E-state index in [4.69, 9.17) is 9.97 Å². The zero-order valence-electron chi connectivity index (χ0n) is 27.5. The van der Waals surface area contributed by atoms with Crippen LogP contribution in [-0.2, 0) is 0 Å². The number of hydrogen-bond acceptors (Lipinski definition) is 4. The maximum Gasteiger partial charge on any atom is 0.160 e. The van der Waals surface area contributed by atoms with Crippen molar-refractivity contribution in [3.05, 3.63) is 176 Å². The van der Waals surface area contributed by atoms with Crippen molar-refractivity contribution in [1.29, 1.82) is 0 Å². The van der Waals surface area contributed by atoms with E-state index in [2.05, 4.69) is 163 Å². The molecule has 0 aliphatic rings. The van der Waals surface area contributed by atoms with Gasteiger partial charge in [-0.3, -0.25) is 4.98 Å². The quantitative estimate of drug-likeness (QED) is 0.171. The lowest BCUT2D eigenvalue weighted by molar-refractivity contribution is 1.24. The van der Waals surface area contributed by atoms with E-state index in [0.717, 1.165) is 60.3 Å². The highest BCUT2D eigenvalue weighted by Gasteiger charge is 2.17. The van der Waals surface area contributed by atoms with Gasteiger partial charge in [0.1, 0.15) is 0 Å². The molecule has 7 aromatic carbocycles. The Balaban J connectivity index is 1.01. The first kappa shape index (κ1) is 29.4. The Morgan fingerprint density at radius 2 is 0.961 bits per heavy atom. The Morgan fingerprint density at radius 3 is 1.69 bits per heavy atom. The van der Waals surface area contributed by atoms with Crippen molar-refractivity contribution in [1.82, 2.24) is 15.0 Å². The molecule has 0 radical (unpaired) electrons. The maximum atomic E-state index is 5.23. The van der Waals surface area contributed by atoms with Gasteiger partial charge in [0.05, 0.1) is 21.4 Å². The molecule has 238 valence electrons. The molecule has 0 saturated heterocycles. The second kappa shape index (κ2) is 12.1. The van der Waals surface area contributed by atoms with Gasteiger partial charge >= 0.3 is 0 Å². The van der Waals surface area contributed by atoms with Gasteiger partial charge < -0.3 is 0 Å².